The summed E-state index contributed by atoms with van der Waals surface area (Å²) >= 11 is 5.75. The van der Waals surface area contributed by atoms with E-state index in [0.29, 0.717) is 5.56 Å². The van der Waals surface area contributed by atoms with Crippen molar-refractivity contribution >= 4 is 17.5 Å². The Labute approximate surface area is 105 Å². The zero-order valence-electron chi connectivity index (χ0n) is 9.85. The van der Waals surface area contributed by atoms with E-state index in [1.807, 2.05) is 13.8 Å². The molecule has 0 aliphatic rings. The third kappa shape index (κ3) is 3.35. The lowest BCUT2D eigenvalue weighted by molar-refractivity contribution is 0.0665. The number of hydrogen-bond donors (Lipinski definition) is 2. The molecule has 0 aliphatic heterocycles. The fourth-order valence-electron chi connectivity index (χ4n) is 1.51. The topological polar surface area (TPSA) is 60.8 Å². The number of amides is 1. The molecule has 0 aromatic heterocycles. The molecule has 1 rings (SSSR count). The molecule has 1 amide bonds. The largest absolute Gasteiger partial charge is 0.506 e. The van der Waals surface area contributed by atoms with Crippen LogP contribution in [0.25, 0.3) is 0 Å². The van der Waals surface area contributed by atoms with E-state index >= 15 is 0 Å². The second kappa shape index (κ2) is 5.89. The van der Waals surface area contributed by atoms with Gasteiger partial charge in [0.1, 0.15) is 5.75 Å². The number of rotatable bonds is 4. The van der Waals surface area contributed by atoms with Gasteiger partial charge in [-0.05, 0) is 32.0 Å². The first kappa shape index (κ1) is 13.8. The lowest BCUT2D eigenvalue weighted by atomic mass is 10.1. The van der Waals surface area contributed by atoms with Crippen LogP contribution in [0.15, 0.2) is 18.2 Å². The van der Waals surface area contributed by atoms with Gasteiger partial charge in [-0.3, -0.25) is 4.79 Å². The molecule has 0 unspecified atom stereocenters. The van der Waals surface area contributed by atoms with Crippen LogP contribution in [0.4, 0.5) is 0 Å². The Morgan fingerprint density at radius 2 is 2.12 bits per heavy atom. The van der Waals surface area contributed by atoms with Crippen molar-refractivity contribution in [3.05, 3.63) is 28.8 Å². The molecule has 0 fully saturated rings. The number of phenols is 1. The number of hydrogen-bond acceptors (Lipinski definition) is 3. The average molecular weight is 258 g/mol. The number of aliphatic hydroxyl groups excluding tert-OH is 1. The van der Waals surface area contributed by atoms with Crippen molar-refractivity contribution in [3.8, 4) is 5.75 Å². The van der Waals surface area contributed by atoms with E-state index in [0.717, 1.165) is 0 Å². The van der Waals surface area contributed by atoms with Crippen LogP contribution in [0.3, 0.4) is 0 Å². The zero-order chi connectivity index (χ0) is 13.0. The van der Waals surface area contributed by atoms with Crippen LogP contribution in [0.1, 0.15) is 24.2 Å². The van der Waals surface area contributed by atoms with Crippen molar-refractivity contribution < 1.29 is 15.0 Å². The fraction of sp³-hybridized carbons (Fsp3) is 0.417. The van der Waals surface area contributed by atoms with Gasteiger partial charge in [-0.2, -0.15) is 0 Å². The SMILES string of the molecule is CC(C)N(CCO)C(=O)c1ccc(O)c(Cl)c1. The number of halogens is 1. The third-order valence-corrected chi connectivity index (χ3v) is 2.72. The lowest BCUT2D eigenvalue weighted by Gasteiger charge is -2.26. The lowest BCUT2D eigenvalue weighted by Crippen LogP contribution is -2.38. The Kier molecular flexibility index (Phi) is 4.78. The summed E-state index contributed by atoms with van der Waals surface area (Å²) < 4.78 is 0. The monoisotopic (exact) mass is 257 g/mol. The summed E-state index contributed by atoms with van der Waals surface area (Å²) in [4.78, 5) is 13.7. The van der Waals surface area contributed by atoms with E-state index in [1.54, 1.807) is 4.90 Å². The van der Waals surface area contributed by atoms with Gasteiger partial charge in [0.05, 0.1) is 11.6 Å². The van der Waals surface area contributed by atoms with Gasteiger partial charge in [-0.1, -0.05) is 11.6 Å². The molecule has 1 aromatic carbocycles. The highest BCUT2D eigenvalue weighted by Crippen LogP contribution is 2.24. The normalized spacial score (nSPS) is 10.6. The molecule has 2 N–H and O–H groups in total. The number of benzene rings is 1. The Hall–Kier alpha value is -1.26. The molecule has 0 bridgehead atoms. The molecule has 0 radical (unpaired) electrons. The highest BCUT2D eigenvalue weighted by atomic mass is 35.5. The maximum atomic E-state index is 12.1. The molecule has 94 valence electrons. The quantitative estimate of drug-likeness (QED) is 0.866. The van der Waals surface area contributed by atoms with Gasteiger partial charge in [0.2, 0.25) is 0 Å². The number of nitrogens with zero attached hydrogens (tertiary/aromatic N) is 1. The molecule has 4 nitrogen and oxygen atoms in total. The molecule has 5 heteroatoms. The van der Waals surface area contributed by atoms with Crippen LogP contribution in [0.5, 0.6) is 5.75 Å². The summed E-state index contributed by atoms with van der Waals surface area (Å²) in [5.74, 6) is -0.266. The van der Waals surface area contributed by atoms with Gasteiger partial charge in [-0.25, -0.2) is 0 Å². The maximum Gasteiger partial charge on any atom is 0.254 e. The summed E-state index contributed by atoms with van der Waals surface area (Å²) in [6.07, 6.45) is 0. The number of carbonyl (C=O) groups is 1. The van der Waals surface area contributed by atoms with Gasteiger partial charge in [0.15, 0.2) is 0 Å². The number of phenolic OH excluding ortho intramolecular Hbond substituents is 1. The highest BCUT2D eigenvalue weighted by Gasteiger charge is 2.18. The first-order valence-corrected chi connectivity index (χ1v) is 5.75. The number of aliphatic hydroxyl groups is 1. The van der Waals surface area contributed by atoms with Crippen LogP contribution in [0.2, 0.25) is 5.02 Å². The van der Waals surface area contributed by atoms with Gasteiger partial charge in [0.25, 0.3) is 5.91 Å². The summed E-state index contributed by atoms with van der Waals surface area (Å²) in [7, 11) is 0. The first-order valence-electron chi connectivity index (χ1n) is 5.37. The smallest absolute Gasteiger partial charge is 0.254 e. The highest BCUT2D eigenvalue weighted by molar-refractivity contribution is 6.32. The third-order valence-electron chi connectivity index (χ3n) is 2.42. The molecule has 0 aliphatic carbocycles. The average Bonchev–Trinajstić information content (AvgIpc) is 2.28. The van der Waals surface area contributed by atoms with E-state index in [4.69, 9.17) is 16.7 Å². The van der Waals surface area contributed by atoms with Crippen LogP contribution >= 0.6 is 11.6 Å². The Morgan fingerprint density at radius 3 is 2.59 bits per heavy atom. The van der Waals surface area contributed by atoms with Gasteiger partial charge < -0.3 is 15.1 Å². The van der Waals surface area contributed by atoms with Gasteiger partial charge in [0, 0.05) is 18.2 Å². The molecular formula is C12H16ClNO3. The minimum Gasteiger partial charge on any atom is -0.506 e. The van der Waals surface area contributed by atoms with Crippen molar-refractivity contribution in [2.45, 2.75) is 19.9 Å². The van der Waals surface area contributed by atoms with Crippen molar-refractivity contribution in [2.75, 3.05) is 13.2 Å². The van der Waals surface area contributed by atoms with Crippen molar-refractivity contribution in [1.29, 1.82) is 0 Å². The fourth-order valence-corrected chi connectivity index (χ4v) is 1.69. The molecule has 0 heterocycles. The summed E-state index contributed by atoms with van der Waals surface area (Å²) in [5, 5.41) is 18.3. The minimum absolute atomic E-state index is 0.0118. The first-order chi connectivity index (χ1) is 7.97. The van der Waals surface area contributed by atoms with Crippen LogP contribution in [0, 0.1) is 0 Å². The summed E-state index contributed by atoms with van der Waals surface area (Å²) in [6.45, 7) is 3.93. The number of aromatic hydroxyl groups is 1. The molecule has 1 aromatic rings. The van der Waals surface area contributed by atoms with Crippen molar-refractivity contribution in [1.82, 2.24) is 4.90 Å². The second-order valence-corrected chi connectivity index (χ2v) is 4.39. The Morgan fingerprint density at radius 1 is 1.47 bits per heavy atom. The second-order valence-electron chi connectivity index (χ2n) is 3.98. The van der Waals surface area contributed by atoms with E-state index in [-0.39, 0.29) is 35.9 Å². The van der Waals surface area contributed by atoms with E-state index in [9.17, 15) is 9.90 Å². The Bertz CT molecular complexity index is 407. The standard InChI is InChI=1S/C12H16ClNO3/c1-8(2)14(5-6-15)12(17)9-3-4-11(16)10(13)7-9/h3-4,7-8,15-16H,5-6H2,1-2H3. The van der Waals surface area contributed by atoms with E-state index in [1.165, 1.54) is 18.2 Å². The Balaban J connectivity index is 2.97. The predicted octanol–water partition coefficient (Wildman–Crippen LogP) is 1.89. The van der Waals surface area contributed by atoms with Crippen LogP contribution in [-0.4, -0.2) is 40.2 Å². The van der Waals surface area contributed by atoms with Crippen molar-refractivity contribution in [3.63, 3.8) is 0 Å². The van der Waals surface area contributed by atoms with Gasteiger partial charge in [-0.15, -0.1) is 0 Å². The van der Waals surface area contributed by atoms with E-state index in [2.05, 4.69) is 0 Å². The molecule has 17 heavy (non-hydrogen) atoms. The molecule has 0 spiro atoms. The van der Waals surface area contributed by atoms with Crippen LogP contribution in [-0.2, 0) is 0 Å². The van der Waals surface area contributed by atoms with E-state index < -0.39 is 0 Å². The zero-order valence-corrected chi connectivity index (χ0v) is 10.6. The van der Waals surface area contributed by atoms with Crippen molar-refractivity contribution in [2.24, 2.45) is 0 Å². The molecule has 0 saturated carbocycles. The minimum atomic E-state index is -0.212. The molecular weight excluding hydrogens is 242 g/mol. The summed E-state index contributed by atoms with van der Waals surface area (Å²) in [5.41, 5.74) is 0.398. The number of carbonyl (C=O) groups excluding carboxylic acids is 1. The van der Waals surface area contributed by atoms with Crippen LogP contribution < -0.4 is 0 Å². The predicted molar refractivity (Wildman–Crippen MR) is 66.4 cm³/mol. The molecule has 0 atom stereocenters. The molecule has 0 saturated heterocycles. The summed E-state index contributed by atoms with van der Waals surface area (Å²) in [6, 6.07) is 4.30. The maximum absolute atomic E-state index is 12.1. The van der Waals surface area contributed by atoms with Gasteiger partial charge >= 0.3 is 0 Å².